The molecule has 0 aromatic rings. The number of rotatable bonds is 48. The predicted molar refractivity (Wildman–Crippen MR) is 256 cm³/mol. The number of ether oxygens (including phenoxy) is 3. The quantitative estimate of drug-likeness (QED) is 0.0345. The first-order valence-electron chi connectivity index (χ1n) is 26.7. The summed E-state index contributed by atoms with van der Waals surface area (Å²) >= 11 is 0. The molecule has 1 atom stereocenters. The Hall–Kier alpha value is -1.59. The molecule has 0 saturated carbocycles. The van der Waals surface area contributed by atoms with E-state index in [1.54, 1.807) is 0 Å². The summed E-state index contributed by atoms with van der Waals surface area (Å²) in [5, 5.41) is 0. The molecule has 0 aromatic heterocycles. The molecule has 0 unspecified atom stereocenters. The third-order valence-corrected chi connectivity index (χ3v) is 12.2. The van der Waals surface area contributed by atoms with E-state index in [1.165, 1.54) is 186 Å². The van der Waals surface area contributed by atoms with Crippen LogP contribution in [0.1, 0.15) is 298 Å². The van der Waals surface area contributed by atoms with E-state index in [1.807, 2.05) is 0 Å². The molecule has 0 rings (SSSR count). The first-order valence-corrected chi connectivity index (χ1v) is 26.7. The van der Waals surface area contributed by atoms with Gasteiger partial charge < -0.3 is 14.2 Å². The van der Waals surface area contributed by atoms with Gasteiger partial charge in [-0.15, -0.1) is 0 Å². The number of carbonyl (C=O) groups excluding carboxylic acids is 3. The minimum Gasteiger partial charge on any atom is -0.462 e. The maximum Gasteiger partial charge on any atom is 0.306 e. The Bertz CT molecular complexity index is 916. The third-order valence-electron chi connectivity index (χ3n) is 12.2. The highest BCUT2D eigenvalue weighted by molar-refractivity contribution is 5.71. The van der Waals surface area contributed by atoms with Crippen LogP contribution in [0.5, 0.6) is 0 Å². The Morgan fingerprint density at radius 1 is 0.317 bits per heavy atom. The van der Waals surface area contributed by atoms with Gasteiger partial charge in [-0.2, -0.15) is 0 Å². The van der Waals surface area contributed by atoms with Gasteiger partial charge in [-0.25, -0.2) is 0 Å². The van der Waals surface area contributed by atoms with Gasteiger partial charge >= 0.3 is 17.9 Å². The number of carbonyl (C=O) groups is 3. The highest BCUT2D eigenvalue weighted by atomic mass is 16.6. The molecule has 0 fully saturated rings. The maximum atomic E-state index is 12.8. The van der Waals surface area contributed by atoms with Crippen LogP contribution in [0.3, 0.4) is 0 Å². The zero-order valence-electron chi connectivity index (χ0n) is 41.1. The largest absolute Gasteiger partial charge is 0.462 e. The van der Waals surface area contributed by atoms with Gasteiger partial charge in [0.05, 0.1) is 0 Å². The molecule has 0 bridgehead atoms. The molecule has 0 aliphatic rings. The molecule has 0 spiro atoms. The van der Waals surface area contributed by atoms with E-state index < -0.39 is 6.10 Å². The lowest BCUT2D eigenvalue weighted by Crippen LogP contribution is -2.30. The van der Waals surface area contributed by atoms with Crippen molar-refractivity contribution in [3.8, 4) is 0 Å². The topological polar surface area (TPSA) is 78.9 Å². The van der Waals surface area contributed by atoms with Crippen molar-refractivity contribution < 1.29 is 28.6 Å². The molecule has 0 radical (unpaired) electrons. The average Bonchev–Trinajstić information content (AvgIpc) is 3.22. The smallest absolute Gasteiger partial charge is 0.306 e. The minimum atomic E-state index is -0.762. The lowest BCUT2D eigenvalue weighted by molar-refractivity contribution is -0.167. The van der Waals surface area contributed by atoms with Gasteiger partial charge in [0.1, 0.15) is 13.2 Å². The molecule has 356 valence electrons. The van der Waals surface area contributed by atoms with Crippen LogP contribution in [0.2, 0.25) is 0 Å². The summed E-state index contributed by atoms with van der Waals surface area (Å²) in [6.07, 6.45) is 48.0. The molecule has 0 aliphatic heterocycles. The summed E-state index contributed by atoms with van der Waals surface area (Å²) < 4.78 is 16.8. The van der Waals surface area contributed by atoms with E-state index >= 15 is 0 Å². The molecule has 6 heteroatoms. The van der Waals surface area contributed by atoms with Gasteiger partial charge in [-0.3, -0.25) is 14.4 Å². The Morgan fingerprint density at radius 3 is 0.817 bits per heavy atom. The molecule has 0 aromatic carbocycles. The zero-order valence-corrected chi connectivity index (χ0v) is 41.1. The Balaban J connectivity index is 4.31. The Kier molecular flexibility index (Phi) is 45.7. The van der Waals surface area contributed by atoms with Crippen LogP contribution in [0, 0.1) is 11.8 Å². The Morgan fingerprint density at radius 2 is 0.550 bits per heavy atom. The van der Waals surface area contributed by atoms with Crippen molar-refractivity contribution in [3.63, 3.8) is 0 Å². The second-order valence-corrected chi connectivity index (χ2v) is 19.5. The zero-order chi connectivity index (χ0) is 44.0. The first-order chi connectivity index (χ1) is 29.2. The summed E-state index contributed by atoms with van der Waals surface area (Å²) in [5.41, 5.74) is 0. The first kappa shape index (κ1) is 58.4. The molecule has 0 saturated heterocycles. The summed E-state index contributed by atoms with van der Waals surface area (Å²) in [6.45, 7) is 11.4. The van der Waals surface area contributed by atoms with Crippen LogP contribution in [0.15, 0.2) is 0 Å². The highest BCUT2D eigenvalue weighted by Crippen LogP contribution is 2.17. The standard InChI is InChI=1S/C54H104O6/c1-6-7-8-9-10-11-12-13-19-24-29-34-39-44-52(55)58-47-51(60-54(57)46-41-36-31-26-21-16-18-23-28-33-38-43-50(4)5)48-59-53(56)45-40-35-30-25-20-15-14-17-22-27-32-37-42-49(2)3/h49-51H,6-48H2,1-5H3/t51-/m1/s1. The number of hydrogen-bond acceptors (Lipinski definition) is 6. The Labute approximate surface area is 374 Å². The van der Waals surface area contributed by atoms with Crippen molar-refractivity contribution >= 4 is 17.9 Å². The molecule has 0 N–H and O–H groups in total. The monoisotopic (exact) mass is 849 g/mol. The third kappa shape index (κ3) is 47.5. The van der Waals surface area contributed by atoms with E-state index in [-0.39, 0.29) is 31.1 Å². The van der Waals surface area contributed by atoms with Crippen LogP contribution >= 0.6 is 0 Å². The van der Waals surface area contributed by atoms with E-state index in [0.29, 0.717) is 19.3 Å². The van der Waals surface area contributed by atoms with Gasteiger partial charge in [0, 0.05) is 19.3 Å². The number of unbranched alkanes of at least 4 members (excludes halogenated alkanes) is 33. The van der Waals surface area contributed by atoms with E-state index in [4.69, 9.17) is 14.2 Å². The molecular weight excluding hydrogens is 745 g/mol. The summed E-state index contributed by atoms with van der Waals surface area (Å²) in [5.74, 6) is 0.813. The van der Waals surface area contributed by atoms with Crippen molar-refractivity contribution in [2.45, 2.75) is 304 Å². The summed E-state index contributed by atoms with van der Waals surface area (Å²) in [6, 6.07) is 0. The molecule has 60 heavy (non-hydrogen) atoms. The van der Waals surface area contributed by atoms with E-state index in [9.17, 15) is 14.4 Å². The maximum absolute atomic E-state index is 12.8. The van der Waals surface area contributed by atoms with E-state index in [0.717, 1.165) is 69.6 Å². The van der Waals surface area contributed by atoms with Crippen LogP contribution in [0.25, 0.3) is 0 Å². The molecule has 0 heterocycles. The van der Waals surface area contributed by atoms with Crippen LogP contribution in [-0.2, 0) is 28.6 Å². The van der Waals surface area contributed by atoms with Gasteiger partial charge in [0.15, 0.2) is 6.10 Å². The average molecular weight is 849 g/mol. The second-order valence-electron chi connectivity index (χ2n) is 19.5. The van der Waals surface area contributed by atoms with Crippen LogP contribution in [-0.4, -0.2) is 37.2 Å². The fraction of sp³-hybridized carbons (Fsp3) is 0.944. The fourth-order valence-corrected chi connectivity index (χ4v) is 8.17. The molecule has 0 amide bonds. The van der Waals surface area contributed by atoms with Gasteiger partial charge in [0.25, 0.3) is 0 Å². The molecular formula is C54H104O6. The second kappa shape index (κ2) is 46.9. The van der Waals surface area contributed by atoms with Crippen molar-refractivity contribution in [1.82, 2.24) is 0 Å². The van der Waals surface area contributed by atoms with Crippen LogP contribution in [0.4, 0.5) is 0 Å². The van der Waals surface area contributed by atoms with Crippen molar-refractivity contribution in [3.05, 3.63) is 0 Å². The van der Waals surface area contributed by atoms with Gasteiger partial charge in [0.2, 0.25) is 0 Å². The highest BCUT2D eigenvalue weighted by Gasteiger charge is 2.19. The molecule has 6 nitrogen and oxygen atoms in total. The summed E-state index contributed by atoms with van der Waals surface area (Å²) in [7, 11) is 0. The van der Waals surface area contributed by atoms with Crippen LogP contribution < -0.4 is 0 Å². The number of esters is 3. The lowest BCUT2D eigenvalue weighted by atomic mass is 10.0. The van der Waals surface area contributed by atoms with Crippen molar-refractivity contribution in [2.24, 2.45) is 11.8 Å². The SMILES string of the molecule is CCCCCCCCCCCCCCCC(=O)OC[C@H](COC(=O)CCCCCCCCCCCCCCC(C)C)OC(=O)CCCCCCCCCCCCCC(C)C. The predicted octanol–water partition coefficient (Wildman–Crippen LogP) is 17.3. The van der Waals surface area contributed by atoms with Gasteiger partial charge in [-0.1, -0.05) is 259 Å². The number of hydrogen-bond donors (Lipinski definition) is 0. The molecule has 0 aliphatic carbocycles. The lowest BCUT2D eigenvalue weighted by Gasteiger charge is -2.18. The van der Waals surface area contributed by atoms with Crippen molar-refractivity contribution in [2.75, 3.05) is 13.2 Å². The fourth-order valence-electron chi connectivity index (χ4n) is 8.17. The van der Waals surface area contributed by atoms with Crippen molar-refractivity contribution in [1.29, 1.82) is 0 Å². The summed E-state index contributed by atoms with van der Waals surface area (Å²) in [4.78, 5) is 38.0. The normalized spacial score (nSPS) is 12.1. The van der Waals surface area contributed by atoms with Gasteiger partial charge in [-0.05, 0) is 31.1 Å². The van der Waals surface area contributed by atoms with E-state index in [2.05, 4.69) is 34.6 Å². The minimum absolute atomic E-state index is 0.0633.